The van der Waals surface area contributed by atoms with Gasteiger partial charge in [-0.05, 0) is 43.3 Å². The number of nitrogens with one attached hydrogen (secondary N) is 1. The third-order valence-electron chi connectivity index (χ3n) is 5.43. The number of aliphatic hydroxyl groups excluding tert-OH is 1. The summed E-state index contributed by atoms with van der Waals surface area (Å²) in [7, 11) is 0. The highest BCUT2D eigenvalue weighted by molar-refractivity contribution is 5.92. The van der Waals surface area contributed by atoms with Crippen molar-refractivity contribution in [1.29, 1.82) is 0 Å². The molecule has 1 saturated heterocycles. The molecular formula is C23H27F4N3O3. The van der Waals surface area contributed by atoms with Crippen LogP contribution in [0.5, 0.6) is 5.75 Å². The van der Waals surface area contributed by atoms with Crippen molar-refractivity contribution in [1.82, 2.24) is 9.80 Å². The fourth-order valence-electron chi connectivity index (χ4n) is 3.70. The molecule has 2 aromatic rings. The van der Waals surface area contributed by atoms with Crippen molar-refractivity contribution in [3.63, 3.8) is 0 Å². The Morgan fingerprint density at radius 2 is 1.88 bits per heavy atom. The quantitative estimate of drug-likeness (QED) is 0.582. The monoisotopic (exact) mass is 469 g/mol. The first-order chi connectivity index (χ1) is 15.6. The zero-order valence-electron chi connectivity index (χ0n) is 18.2. The number of piperazine rings is 1. The van der Waals surface area contributed by atoms with Crippen LogP contribution in [-0.2, 0) is 11.0 Å². The molecule has 2 aromatic carbocycles. The number of ether oxygens (including phenoxy) is 1. The van der Waals surface area contributed by atoms with Crippen LogP contribution in [0.25, 0.3) is 0 Å². The molecule has 1 aliphatic heterocycles. The second-order valence-corrected chi connectivity index (χ2v) is 8.10. The zero-order valence-corrected chi connectivity index (χ0v) is 18.2. The van der Waals surface area contributed by atoms with Crippen LogP contribution in [0.2, 0.25) is 0 Å². The number of halogens is 4. The van der Waals surface area contributed by atoms with Gasteiger partial charge in [0.25, 0.3) is 0 Å². The van der Waals surface area contributed by atoms with E-state index in [4.69, 9.17) is 4.74 Å². The van der Waals surface area contributed by atoms with E-state index in [1.54, 1.807) is 12.1 Å². The van der Waals surface area contributed by atoms with Crippen molar-refractivity contribution in [3.05, 3.63) is 59.9 Å². The molecule has 180 valence electrons. The van der Waals surface area contributed by atoms with E-state index < -0.39 is 23.7 Å². The predicted molar refractivity (Wildman–Crippen MR) is 115 cm³/mol. The third-order valence-corrected chi connectivity index (χ3v) is 5.43. The minimum Gasteiger partial charge on any atom is -0.488 e. The first-order valence-corrected chi connectivity index (χ1v) is 10.6. The summed E-state index contributed by atoms with van der Waals surface area (Å²) in [5, 5.41) is 12.9. The van der Waals surface area contributed by atoms with Crippen molar-refractivity contribution in [3.8, 4) is 5.75 Å². The maximum absolute atomic E-state index is 13.6. The maximum atomic E-state index is 13.6. The van der Waals surface area contributed by atoms with Crippen molar-refractivity contribution in [2.24, 2.45) is 0 Å². The molecule has 0 bridgehead atoms. The van der Waals surface area contributed by atoms with Crippen LogP contribution in [0.3, 0.4) is 0 Å². The van der Waals surface area contributed by atoms with E-state index in [1.165, 1.54) is 24.3 Å². The minimum absolute atomic E-state index is 0.0383. The molecule has 0 aliphatic carbocycles. The number of alkyl halides is 3. The molecule has 0 saturated carbocycles. The van der Waals surface area contributed by atoms with E-state index in [-0.39, 0.29) is 30.9 Å². The van der Waals surface area contributed by atoms with Gasteiger partial charge in [0, 0.05) is 37.9 Å². The lowest BCUT2D eigenvalue weighted by molar-refractivity contribution is -0.137. The number of carbonyl (C=O) groups is 1. The number of aliphatic hydroxyl groups is 1. The summed E-state index contributed by atoms with van der Waals surface area (Å²) in [6.07, 6.45) is -5.22. The Bertz CT molecular complexity index is 924. The summed E-state index contributed by atoms with van der Waals surface area (Å²) < 4.78 is 56.9. The van der Waals surface area contributed by atoms with Gasteiger partial charge < -0.3 is 15.2 Å². The molecule has 0 unspecified atom stereocenters. The Kier molecular flexibility index (Phi) is 8.28. The van der Waals surface area contributed by atoms with Gasteiger partial charge in [-0.25, -0.2) is 4.39 Å². The van der Waals surface area contributed by atoms with Crippen LogP contribution < -0.4 is 10.1 Å². The molecule has 1 heterocycles. The van der Waals surface area contributed by atoms with Crippen molar-refractivity contribution in [2.45, 2.75) is 25.2 Å². The Morgan fingerprint density at radius 1 is 1.18 bits per heavy atom. The summed E-state index contributed by atoms with van der Waals surface area (Å²) in [6.45, 7) is 4.19. The fraction of sp³-hybridized carbons (Fsp3) is 0.435. The fourth-order valence-corrected chi connectivity index (χ4v) is 3.70. The number of β-amino-alcohol motifs (C(OH)–C–C–N with tert-alkyl or cyclic N) is 1. The second kappa shape index (κ2) is 11.0. The van der Waals surface area contributed by atoms with E-state index in [1.807, 2.05) is 11.8 Å². The molecule has 2 atom stereocenters. The molecule has 1 aliphatic rings. The summed E-state index contributed by atoms with van der Waals surface area (Å²) in [4.78, 5) is 16.3. The average molecular weight is 469 g/mol. The number of anilines is 1. The lowest BCUT2D eigenvalue weighted by Crippen LogP contribution is -2.55. The van der Waals surface area contributed by atoms with Gasteiger partial charge in [0.05, 0.1) is 12.1 Å². The molecule has 33 heavy (non-hydrogen) atoms. The Morgan fingerprint density at radius 3 is 2.52 bits per heavy atom. The van der Waals surface area contributed by atoms with E-state index in [0.717, 1.165) is 12.1 Å². The van der Waals surface area contributed by atoms with Crippen LogP contribution >= 0.6 is 0 Å². The molecular weight excluding hydrogens is 442 g/mol. The molecule has 6 nitrogen and oxygen atoms in total. The Balaban J connectivity index is 1.41. The summed E-state index contributed by atoms with van der Waals surface area (Å²) in [5.41, 5.74) is -0.468. The smallest absolute Gasteiger partial charge is 0.416 e. The number of nitrogens with zero attached hydrogens (tertiary/aromatic N) is 2. The van der Waals surface area contributed by atoms with E-state index in [0.29, 0.717) is 31.9 Å². The Labute approximate surface area is 189 Å². The average Bonchev–Trinajstić information content (AvgIpc) is 2.75. The third kappa shape index (κ3) is 7.41. The van der Waals surface area contributed by atoms with E-state index in [2.05, 4.69) is 10.2 Å². The van der Waals surface area contributed by atoms with Gasteiger partial charge in [0.1, 0.15) is 12.7 Å². The molecule has 0 aromatic heterocycles. The molecule has 0 spiro atoms. The topological polar surface area (TPSA) is 65.0 Å². The molecule has 10 heteroatoms. The van der Waals surface area contributed by atoms with Gasteiger partial charge in [-0.1, -0.05) is 12.1 Å². The molecule has 3 rings (SSSR count). The van der Waals surface area contributed by atoms with Gasteiger partial charge in [-0.3, -0.25) is 14.6 Å². The van der Waals surface area contributed by atoms with Crippen LogP contribution in [0.4, 0.5) is 23.2 Å². The van der Waals surface area contributed by atoms with Gasteiger partial charge in [-0.15, -0.1) is 0 Å². The number of amides is 1. The Hall–Kier alpha value is -2.69. The first kappa shape index (κ1) is 24.9. The molecule has 1 fully saturated rings. The van der Waals surface area contributed by atoms with Gasteiger partial charge in [0.2, 0.25) is 5.91 Å². The molecule has 1 amide bonds. The normalized spacial score (nSPS) is 18.7. The molecule has 0 radical (unpaired) electrons. The van der Waals surface area contributed by atoms with Crippen LogP contribution in [-0.4, -0.2) is 72.3 Å². The predicted octanol–water partition coefficient (Wildman–Crippen LogP) is 3.23. The number of benzene rings is 2. The van der Waals surface area contributed by atoms with Crippen LogP contribution in [0.1, 0.15) is 12.5 Å². The number of carbonyl (C=O) groups excluding carboxylic acids is 1. The van der Waals surface area contributed by atoms with Gasteiger partial charge in [0.15, 0.2) is 11.6 Å². The van der Waals surface area contributed by atoms with Gasteiger partial charge >= 0.3 is 6.18 Å². The van der Waals surface area contributed by atoms with Crippen molar-refractivity contribution < 1.29 is 32.2 Å². The lowest BCUT2D eigenvalue weighted by Gasteiger charge is -2.40. The highest BCUT2D eigenvalue weighted by atomic mass is 19.4. The summed E-state index contributed by atoms with van der Waals surface area (Å²) in [5.74, 6) is -0.705. The van der Waals surface area contributed by atoms with Crippen molar-refractivity contribution in [2.75, 3.05) is 44.6 Å². The van der Waals surface area contributed by atoms with Crippen LogP contribution in [0.15, 0.2) is 48.5 Å². The molecule has 2 N–H and O–H groups in total. The number of hydrogen-bond donors (Lipinski definition) is 2. The van der Waals surface area contributed by atoms with E-state index >= 15 is 0 Å². The van der Waals surface area contributed by atoms with Gasteiger partial charge in [-0.2, -0.15) is 13.2 Å². The highest BCUT2D eigenvalue weighted by Gasteiger charge is 2.30. The largest absolute Gasteiger partial charge is 0.488 e. The zero-order chi connectivity index (χ0) is 24.0. The standard InChI is InChI=1S/C23H27F4N3O3/c1-16-12-29(14-22(32)28-18-8-6-17(7-9-18)23(25,26)27)10-11-30(16)13-19(31)15-33-21-5-3-2-4-20(21)24/h2-9,16,19,31H,10-15H2,1H3,(H,28,32)/t16-,19+/m0/s1. The highest BCUT2D eigenvalue weighted by Crippen LogP contribution is 2.29. The maximum Gasteiger partial charge on any atom is 0.416 e. The van der Waals surface area contributed by atoms with Crippen LogP contribution in [0, 0.1) is 5.82 Å². The lowest BCUT2D eigenvalue weighted by atomic mass is 10.1. The minimum atomic E-state index is -4.42. The SMILES string of the molecule is C[C@H]1CN(CC(=O)Nc2ccc(C(F)(F)F)cc2)CCN1C[C@@H](O)COc1ccccc1F. The number of para-hydroxylation sites is 1. The van der Waals surface area contributed by atoms with Crippen molar-refractivity contribution >= 4 is 11.6 Å². The summed E-state index contributed by atoms with van der Waals surface area (Å²) >= 11 is 0. The first-order valence-electron chi connectivity index (χ1n) is 10.6. The second-order valence-electron chi connectivity index (χ2n) is 8.10. The summed E-state index contributed by atoms with van der Waals surface area (Å²) in [6, 6.07) is 10.4. The number of rotatable bonds is 8. The van der Waals surface area contributed by atoms with E-state index in [9.17, 15) is 27.5 Å². The number of hydrogen-bond acceptors (Lipinski definition) is 5.